The van der Waals surface area contributed by atoms with Crippen LogP contribution in [0.25, 0.3) is 0 Å². The van der Waals surface area contributed by atoms with Crippen molar-refractivity contribution in [3.8, 4) is 5.75 Å². The Labute approximate surface area is 242 Å². The summed E-state index contributed by atoms with van der Waals surface area (Å²) < 4.78 is 25.7. The number of ether oxygens (including phenoxy) is 1. The zero-order valence-electron chi connectivity index (χ0n) is 25.6. The molecule has 40 heavy (non-hydrogen) atoms. The van der Waals surface area contributed by atoms with Crippen LogP contribution in [0.2, 0.25) is 18.1 Å². The van der Waals surface area contributed by atoms with Crippen molar-refractivity contribution in [1.29, 1.82) is 0 Å². The molecule has 0 saturated carbocycles. The topological polar surface area (TPSA) is 54.0 Å². The first kappa shape index (κ1) is 32.1. The number of carbonyl (C=O) groups excluding carboxylic acids is 1. The third-order valence-electron chi connectivity index (χ3n) is 8.15. The number of urea groups is 1. The average Bonchev–Trinajstić information content (AvgIpc) is 2.90. The highest BCUT2D eigenvalue weighted by Gasteiger charge is 2.37. The Morgan fingerprint density at radius 3 is 2.23 bits per heavy atom. The fourth-order valence-corrected chi connectivity index (χ4v) is 5.53. The van der Waals surface area contributed by atoms with Gasteiger partial charge in [0, 0.05) is 45.4 Å². The maximum absolute atomic E-state index is 13.5. The predicted octanol–water partition coefficient (Wildman–Crippen LogP) is 7.06. The quantitative estimate of drug-likeness (QED) is 0.277. The summed E-state index contributed by atoms with van der Waals surface area (Å²) in [6.45, 7) is 20.7. The van der Waals surface area contributed by atoms with Gasteiger partial charge in [-0.25, -0.2) is 9.18 Å². The van der Waals surface area contributed by atoms with Crippen molar-refractivity contribution in [3.63, 3.8) is 0 Å². The van der Waals surface area contributed by atoms with Crippen LogP contribution in [-0.4, -0.2) is 63.0 Å². The van der Waals surface area contributed by atoms with Crippen LogP contribution in [-0.2, 0) is 17.5 Å². The summed E-state index contributed by atoms with van der Waals surface area (Å²) in [4.78, 5) is 17.8. The summed E-state index contributed by atoms with van der Waals surface area (Å²) in [5, 5.41) is 3.32. The van der Waals surface area contributed by atoms with Gasteiger partial charge in [-0.2, -0.15) is 0 Å². The molecule has 0 bridgehead atoms. The average molecular weight is 572 g/mol. The number of nitrogens with one attached hydrogen (secondary N) is 1. The molecule has 0 aliphatic carbocycles. The molecule has 1 aliphatic heterocycles. The number of hydrogen-bond acceptors (Lipinski definition) is 4. The van der Waals surface area contributed by atoms with Gasteiger partial charge in [-0.3, -0.25) is 0 Å². The highest BCUT2D eigenvalue weighted by atomic mass is 28.4. The molecule has 8 heteroatoms. The van der Waals surface area contributed by atoms with E-state index in [4.69, 9.17) is 9.16 Å². The lowest BCUT2D eigenvalue weighted by molar-refractivity contribution is 0.106. The van der Waals surface area contributed by atoms with E-state index in [9.17, 15) is 9.18 Å². The van der Waals surface area contributed by atoms with Gasteiger partial charge in [0.1, 0.15) is 11.6 Å². The summed E-state index contributed by atoms with van der Waals surface area (Å²) in [6.07, 6.45) is 1.80. The van der Waals surface area contributed by atoms with Gasteiger partial charge in [-0.1, -0.05) is 58.9 Å². The molecular formula is C32H50FN3O3Si. The van der Waals surface area contributed by atoms with E-state index in [1.165, 1.54) is 12.1 Å². The lowest BCUT2D eigenvalue weighted by Crippen LogP contribution is -2.51. The van der Waals surface area contributed by atoms with Crippen molar-refractivity contribution in [1.82, 2.24) is 15.1 Å². The summed E-state index contributed by atoms with van der Waals surface area (Å²) in [5.41, 5.74) is 1.94. The second-order valence-corrected chi connectivity index (χ2v) is 17.8. The molecule has 0 spiro atoms. The fraction of sp³-hybridized carbons (Fsp3) is 0.594. The van der Waals surface area contributed by atoms with Gasteiger partial charge in [-0.05, 0) is 72.3 Å². The van der Waals surface area contributed by atoms with Crippen molar-refractivity contribution in [2.24, 2.45) is 5.92 Å². The molecule has 1 fully saturated rings. The number of halogens is 1. The zero-order chi connectivity index (χ0) is 29.3. The van der Waals surface area contributed by atoms with Crippen molar-refractivity contribution < 1.29 is 18.3 Å². The number of benzene rings is 2. The minimum absolute atomic E-state index is 0.0934. The third-order valence-corrected chi connectivity index (χ3v) is 12.7. The number of rotatable bonds is 12. The van der Waals surface area contributed by atoms with Crippen LogP contribution in [0.3, 0.4) is 0 Å². The first-order valence-electron chi connectivity index (χ1n) is 14.7. The Morgan fingerprint density at radius 1 is 1.05 bits per heavy atom. The summed E-state index contributed by atoms with van der Waals surface area (Å²) in [7, 11) is -1.75. The smallest absolute Gasteiger partial charge is 0.318 e. The van der Waals surface area contributed by atoms with E-state index in [-0.39, 0.29) is 22.9 Å². The Morgan fingerprint density at radius 2 is 1.65 bits per heavy atom. The molecule has 1 heterocycles. The minimum Gasteiger partial charge on any atom is -0.493 e. The number of nitrogens with zero attached hydrogens (tertiary/aromatic N) is 2. The van der Waals surface area contributed by atoms with Crippen molar-refractivity contribution in [2.45, 2.75) is 84.7 Å². The van der Waals surface area contributed by atoms with Gasteiger partial charge in [-0.15, -0.1) is 0 Å². The first-order chi connectivity index (χ1) is 18.8. The normalized spacial score (nSPS) is 15.3. The van der Waals surface area contributed by atoms with Crippen LogP contribution in [0.5, 0.6) is 5.75 Å². The van der Waals surface area contributed by atoms with Gasteiger partial charge in [0.05, 0.1) is 6.61 Å². The van der Waals surface area contributed by atoms with Crippen LogP contribution < -0.4 is 10.1 Å². The lowest BCUT2D eigenvalue weighted by Gasteiger charge is -2.40. The van der Waals surface area contributed by atoms with Crippen LogP contribution in [0.4, 0.5) is 9.18 Å². The second-order valence-electron chi connectivity index (χ2n) is 12.9. The van der Waals surface area contributed by atoms with Crippen LogP contribution in [0, 0.1) is 11.7 Å². The molecule has 0 atom stereocenters. The molecule has 1 N–H and O–H groups in total. The van der Waals surface area contributed by atoms with E-state index >= 15 is 0 Å². The molecule has 3 rings (SSSR count). The van der Waals surface area contributed by atoms with Gasteiger partial charge in [0.25, 0.3) is 0 Å². The summed E-state index contributed by atoms with van der Waals surface area (Å²) in [6, 6.07) is 14.3. The van der Waals surface area contributed by atoms with Crippen molar-refractivity contribution >= 4 is 14.3 Å². The van der Waals surface area contributed by atoms with E-state index in [2.05, 4.69) is 57.9 Å². The zero-order valence-corrected chi connectivity index (χ0v) is 26.6. The van der Waals surface area contributed by atoms with E-state index in [1.807, 2.05) is 29.2 Å². The molecular weight excluding hydrogens is 521 g/mol. The Kier molecular flexibility index (Phi) is 11.6. The Balaban J connectivity index is 1.57. The number of piperidine rings is 1. The Bertz CT molecular complexity index is 1050. The molecule has 1 saturated heterocycles. The number of likely N-dealkylation sites (tertiary alicyclic amines) is 1. The van der Waals surface area contributed by atoms with E-state index < -0.39 is 8.32 Å². The summed E-state index contributed by atoms with van der Waals surface area (Å²) in [5.74, 6) is 1.03. The standard InChI is InChI=1S/C32H50FN3O3Si/c1-25(2)24-38-30-14-10-26(11-15-30)22-34-31(37)36(23-27-8-12-28(33)13-9-27)29-16-18-35(19-17-29)20-21-39-40(6,7)32(3,4)5/h8-15,25,29H,16-24H2,1-7H3,(H,34,37). The minimum atomic E-state index is -1.75. The first-order valence-corrected chi connectivity index (χ1v) is 17.6. The van der Waals surface area contributed by atoms with Gasteiger partial charge in [0.2, 0.25) is 0 Å². The summed E-state index contributed by atoms with van der Waals surface area (Å²) >= 11 is 0. The molecule has 2 aromatic carbocycles. The monoisotopic (exact) mass is 571 g/mol. The lowest BCUT2D eigenvalue weighted by atomic mass is 10.0. The maximum atomic E-state index is 13.5. The van der Waals surface area contributed by atoms with Gasteiger partial charge < -0.3 is 24.3 Å². The molecule has 0 radical (unpaired) electrons. The molecule has 6 nitrogen and oxygen atoms in total. The second kappa shape index (κ2) is 14.5. The Hall–Kier alpha value is -2.42. The van der Waals surface area contributed by atoms with E-state index in [0.717, 1.165) is 56.0 Å². The van der Waals surface area contributed by atoms with Crippen molar-refractivity contribution in [3.05, 3.63) is 65.5 Å². The maximum Gasteiger partial charge on any atom is 0.318 e. The SMILES string of the molecule is CC(C)COc1ccc(CNC(=O)N(Cc2ccc(F)cc2)C2CCN(CCO[Si](C)(C)C(C)(C)C)CC2)cc1. The fourth-order valence-electron chi connectivity index (χ4n) is 4.50. The van der Waals surface area contributed by atoms with Crippen LogP contribution in [0.1, 0.15) is 58.6 Å². The van der Waals surface area contributed by atoms with E-state index in [0.29, 0.717) is 25.6 Å². The van der Waals surface area contributed by atoms with Gasteiger partial charge in [0.15, 0.2) is 8.32 Å². The highest BCUT2D eigenvalue weighted by molar-refractivity contribution is 6.74. The molecule has 0 unspecified atom stereocenters. The van der Waals surface area contributed by atoms with Gasteiger partial charge >= 0.3 is 6.03 Å². The molecule has 0 aromatic heterocycles. The van der Waals surface area contributed by atoms with Crippen molar-refractivity contribution in [2.75, 3.05) is 32.8 Å². The number of carbonyl (C=O) groups is 1. The molecule has 2 aromatic rings. The number of amides is 2. The van der Waals surface area contributed by atoms with Crippen LogP contribution in [0.15, 0.2) is 48.5 Å². The predicted molar refractivity (Wildman–Crippen MR) is 164 cm³/mol. The largest absolute Gasteiger partial charge is 0.493 e. The van der Waals surface area contributed by atoms with E-state index in [1.54, 1.807) is 12.1 Å². The van der Waals surface area contributed by atoms with Crippen LogP contribution >= 0.6 is 0 Å². The third kappa shape index (κ3) is 9.89. The molecule has 2 amide bonds. The highest BCUT2D eigenvalue weighted by Crippen LogP contribution is 2.36. The molecule has 1 aliphatic rings. The number of hydrogen-bond donors (Lipinski definition) is 1. The molecule has 222 valence electrons.